The molecule has 0 fully saturated rings. The Morgan fingerprint density at radius 3 is 2.62 bits per heavy atom. The molecular weight excluding hydrogens is 245 g/mol. The Labute approximate surface area is 103 Å². The van der Waals surface area contributed by atoms with Crippen molar-refractivity contribution in [1.82, 2.24) is 0 Å². The highest BCUT2D eigenvalue weighted by Gasteiger charge is 2.14. The lowest BCUT2D eigenvalue weighted by atomic mass is 10.1. The van der Waals surface area contributed by atoms with Gasteiger partial charge in [0.05, 0.1) is 6.04 Å². The Morgan fingerprint density at radius 1 is 1.31 bits per heavy atom. The van der Waals surface area contributed by atoms with Crippen LogP contribution in [0.25, 0.3) is 0 Å². The Bertz CT molecular complexity index is 509. The standard InChI is InChI=1S/C12H11ClFNS/c1-7-2-5-11(16-7)12(15)9-4-3-8(14)6-10(9)13/h2-6,12H,15H2,1H3. The van der Waals surface area contributed by atoms with Crippen LogP contribution in [0.3, 0.4) is 0 Å². The van der Waals surface area contributed by atoms with Gasteiger partial charge in [0.25, 0.3) is 0 Å². The first-order valence-electron chi connectivity index (χ1n) is 4.85. The van der Waals surface area contributed by atoms with Gasteiger partial charge < -0.3 is 5.73 Å². The lowest BCUT2D eigenvalue weighted by molar-refractivity contribution is 0.626. The van der Waals surface area contributed by atoms with E-state index in [4.69, 9.17) is 17.3 Å². The normalized spacial score (nSPS) is 12.8. The Hall–Kier alpha value is -0.900. The van der Waals surface area contributed by atoms with Crippen molar-refractivity contribution in [2.45, 2.75) is 13.0 Å². The van der Waals surface area contributed by atoms with Gasteiger partial charge in [0.2, 0.25) is 0 Å². The summed E-state index contributed by atoms with van der Waals surface area (Å²) in [5.74, 6) is -0.344. The molecule has 0 spiro atoms. The second kappa shape index (κ2) is 4.53. The van der Waals surface area contributed by atoms with Crippen LogP contribution in [0.15, 0.2) is 30.3 Å². The SMILES string of the molecule is Cc1ccc(C(N)c2ccc(F)cc2Cl)s1. The molecule has 2 N–H and O–H groups in total. The van der Waals surface area contributed by atoms with Gasteiger partial charge in [-0.05, 0) is 36.8 Å². The molecule has 0 radical (unpaired) electrons. The maximum Gasteiger partial charge on any atom is 0.124 e. The van der Waals surface area contributed by atoms with Crippen LogP contribution in [0.4, 0.5) is 4.39 Å². The van der Waals surface area contributed by atoms with Gasteiger partial charge in [-0.15, -0.1) is 11.3 Å². The minimum absolute atomic E-state index is 0.285. The van der Waals surface area contributed by atoms with Crippen molar-refractivity contribution in [2.24, 2.45) is 5.73 Å². The number of halogens is 2. The van der Waals surface area contributed by atoms with E-state index in [0.717, 1.165) is 10.4 Å². The van der Waals surface area contributed by atoms with Gasteiger partial charge in [-0.3, -0.25) is 0 Å². The van der Waals surface area contributed by atoms with Crippen molar-refractivity contribution in [1.29, 1.82) is 0 Å². The van der Waals surface area contributed by atoms with E-state index in [0.29, 0.717) is 5.02 Å². The van der Waals surface area contributed by atoms with Crippen molar-refractivity contribution in [2.75, 3.05) is 0 Å². The zero-order chi connectivity index (χ0) is 11.7. The van der Waals surface area contributed by atoms with E-state index < -0.39 is 0 Å². The fraction of sp³-hybridized carbons (Fsp3) is 0.167. The van der Waals surface area contributed by atoms with Crippen LogP contribution < -0.4 is 5.73 Å². The molecule has 1 nitrogen and oxygen atoms in total. The molecule has 1 unspecified atom stereocenters. The van der Waals surface area contributed by atoms with Crippen LogP contribution in [-0.4, -0.2) is 0 Å². The summed E-state index contributed by atoms with van der Waals surface area (Å²) in [6, 6.07) is 8.00. The quantitative estimate of drug-likeness (QED) is 0.866. The molecule has 0 aliphatic rings. The summed E-state index contributed by atoms with van der Waals surface area (Å²) in [4.78, 5) is 2.23. The fourth-order valence-corrected chi connectivity index (χ4v) is 2.71. The molecule has 1 heterocycles. The van der Waals surface area contributed by atoms with Gasteiger partial charge in [-0.25, -0.2) is 4.39 Å². The monoisotopic (exact) mass is 255 g/mol. The summed E-state index contributed by atoms with van der Waals surface area (Å²) in [6.07, 6.45) is 0. The topological polar surface area (TPSA) is 26.0 Å². The van der Waals surface area contributed by atoms with E-state index in [1.165, 1.54) is 17.0 Å². The predicted molar refractivity (Wildman–Crippen MR) is 66.5 cm³/mol. The summed E-state index contributed by atoms with van der Waals surface area (Å²) in [5, 5.41) is 0.374. The van der Waals surface area contributed by atoms with Crippen molar-refractivity contribution in [3.05, 3.63) is 56.5 Å². The van der Waals surface area contributed by atoms with Crippen molar-refractivity contribution in [3.8, 4) is 0 Å². The molecule has 0 saturated heterocycles. The highest BCUT2D eigenvalue weighted by molar-refractivity contribution is 7.12. The van der Waals surface area contributed by atoms with Crippen LogP contribution in [0, 0.1) is 12.7 Å². The number of hydrogen-bond donors (Lipinski definition) is 1. The van der Waals surface area contributed by atoms with Gasteiger partial charge in [-0.2, -0.15) is 0 Å². The molecule has 0 amide bonds. The van der Waals surface area contributed by atoms with E-state index in [1.54, 1.807) is 17.4 Å². The summed E-state index contributed by atoms with van der Waals surface area (Å²) < 4.78 is 12.9. The summed E-state index contributed by atoms with van der Waals surface area (Å²) in [5.41, 5.74) is 6.84. The van der Waals surface area contributed by atoms with Crippen molar-refractivity contribution < 1.29 is 4.39 Å². The average Bonchev–Trinajstić information content (AvgIpc) is 2.64. The lowest BCUT2D eigenvalue weighted by Gasteiger charge is -2.11. The van der Waals surface area contributed by atoms with Gasteiger partial charge in [0, 0.05) is 14.8 Å². The third-order valence-corrected chi connectivity index (χ3v) is 3.78. The molecule has 0 aliphatic carbocycles. The van der Waals surface area contributed by atoms with Gasteiger partial charge >= 0.3 is 0 Å². The zero-order valence-corrected chi connectivity index (χ0v) is 10.3. The summed E-state index contributed by atoms with van der Waals surface area (Å²) >= 11 is 7.59. The van der Waals surface area contributed by atoms with Crippen LogP contribution in [0.5, 0.6) is 0 Å². The molecule has 0 bridgehead atoms. The minimum atomic E-state index is -0.344. The van der Waals surface area contributed by atoms with E-state index in [2.05, 4.69) is 0 Å². The average molecular weight is 256 g/mol. The maximum atomic E-state index is 12.9. The van der Waals surface area contributed by atoms with E-state index in [9.17, 15) is 4.39 Å². The largest absolute Gasteiger partial charge is 0.320 e. The molecule has 16 heavy (non-hydrogen) atoms. The highest BCUT2D eigenvalue weighted by Crippen LogP contribution is 2.30. The van der Waals surface area contributed by atoms with E-state index in [1.807, 2.05) is 19.1 Å². The number of thiophene rings is 1. The number of rotatable bonds is 2. The third kappa shape index (κ3) is 2.26. The summed E-state index contributed by atoms with van der Waals surface area (Å²) in [6.45, 7) is 2.02. The molecule has 2 aromatic rings. The third-order valence-electron chi connectivity index (χ3n) is 2.37. The van der Waals surface area contributed by atoms with Crippen LogP contribution in [-0.2, 0) is 0 Å². The second-order valence-electron chi connectivity index (χ2n) is 3.59. The molecule has 1 aromatic heterocycles. The number of aryl methyl sites for hydroxylation is 1. The Morgan fingerprint density at radius 2 is 2.06 bits per heavy atom. The van der Waals surface area contributed by atoms with Crippen molar-refractivity contribution in [3.63, 3.8) is 0 Å². The van der Waals surface area contributed by atoms with Crippen molar-refractivity contribution >= 4 is 22.9 Å². The van der Waals surface area contributed by atoms with E-state index in [-0.39, 0.29) is 11.9 Å². The van der Waals surface area contributed by atoms with Gasteiger partial charge in [0.1, 0.15) is 5.82 Å². The summed E-state index contributed by atoms with van der Waals surface area (Å²) in [7, 11) is 0. The first-order chi connectivity index (χ1) is 7.58. The molecule has 84 valence electrons. The van der Waals surface area contributed by atoms with Gasteiger partial charge in [-0.1, -0.05) is 17.7 Å². The smallest absolute Gasteiger partial charge is 0.124 e. The minimum Gasteiger partial charge on any atom is -0.320 e. The molecular formula is C12H11ClFNS. The number of benzene rings is 1. The fourth-order valence-electron chi connectivity index (χ4n) is 1.53. The predicted octanol–water partition coefficient (Wildman–Crippen LogP) is 3.90. The Balaban J connectivity index is 2.37. The molecule has 2 rings (SSSR count). The van der Waals surface area contributed by atoms with Crippen LogP contribution in [0.2, 0.25) is 5.02 Å². The Kier molecular flexibility index (Phi) is 3.28. The first-order valence-corrected chi connectivity index (χ1v) is 6.04. The molecule has 0 saturated carbocycles. The van der Waals surface area contributed by atoms with Crippen LogP contribution >= 0.6 is 22.9 Å². The molecule has 1 atom stereocenters. The van der Waals surface area contributed by atoms with E-state index >= 15 is 0 Å². The maximum absolute atomic E-state index is 12.9. The first kappa shape index (κ1) is 11.6. The number of hydrogen-bond acceptors (Lipinski definition) is 2. The molecule has 4 heteroatoms. The highest BCUT2D eigenvalue weighted by atomic mass is 35.5. The molecule has 0 aliphatic heterocycles. The zero-order valence-electron chi connectivity index (χ0n) is 8.71. The molecule has 1 aromatic carbocycles. The van der Waals surface area contributed by atoms with Crippen LogP contribution in [0.1, 0.15) is 21.4 Å². The number of nitrogens with two attached hydrogens (primary N) is 1. The second-order valence-corrected chi connectivity index (χ2v) is 5.32. The lowest BCUT2D eigenvalue weighted by Crippen LogP contribution is -2.10. The van der Waals surface area contributed by atoms with Gasteiger partial charge in [0.15, 0.2) is 0 Å².